The number of carbonyl (C=O) groups excluding carboxylic acids is 1. The highest BCUT2D eigenvalue weighted by molar-refractivity contribution is 5.76. The average molecular weight is 1350 g/mol. The number of rotatable bonds is 70. The minimum absolute atomic E-state index is 0.239. The molecule has 0 spiro atoms. The summed E-state index contributed by atoms with van der Waals surface area (Å²) in [6, 6.07) is -0.931. The first-order valence-electron chi connectivity index (χ1n) is 41.1. The molecule has 562 valence electrons. The van der Waals surface area contributed by atoms with Crippen LogP contribution in [0.1, 0.15) is 393 Å². The standard InChI is InChI=1S/C81H155NO13/c1-3-5-7-9-11-13-15-17-19-21-23-25-27-29-31-33-35-36-38-40-42-44-46-48-50-52-54-56-58-60-62-64-70(85)69(68-92-80-78(91)76(89)79(72(67-84)94-80)95-81-77(90)75(88)74(87)71(66-83)93-81)82-73(86)65-63-61-59-57-55-53-51-49-47-45-43-41-39-37-34-32-30-28-26-24-22-20-18-16-14-12-10-8-6-4-2/h54,56,62,64,69-72,74-81,83-85,87-91H,3-53,55,57-61,63,65-68H2,1-2H3,(H,82,86)/b56-54+,64-62+. The second-order valence-electron chi connectivity index (χ2n) is 29.3. The Labute approximate surface area is 583 Å². The van der Waals surface area contributed by atoms with Gasteiger partial charge in [-0.1, -0.05) is 378 Å². The molecule has 0 bridgehead atoms. The van der Waals surface area contributed by atoms with Crippen LogP contribution in [0.4, 0.5) is 0 Å². The van der Waals surface area contributed by atoms with Gasteiger partial charge in [0, 0.05) is 6.42 Å². The Bertz CT molecular complexity index is 1690. The summed E-state index contributed by atoms with van der Waals surface area (Å²) in [6.07, 6.45) is 68.5. The van der Waals surface area contributed by atoms with Crippen molar-refractivity contribution < 1.29 is 64.6 Å². The zero-order valence-electron chi connectivity index (χ0n) is 61.7. The average Bonchev–Trinajstić information content (AvgIpc) is 0.801. The third-order valence-corrected chi connectivity index (χ3v) is 20.4. The fraction of sp³-hybridized carbons (Fsp3) is 0.938. The van der Waals surface area contributed by atoms with E-state index in [2.05, 4.69) is 31.3 Å². The van der Waals surface area contributed by atoms with Crippen molar-refractivity contribution in [3.63, 3.8) is 0 Å². The van der Waals surface area contributed by atoms with Crippen LogP contribution in [0.3, 0.4) is 0 Å². The van der Waals surface area contributed by atoms with Gasteiger partial charge in [-0.05, 0) is 32.1 Å². The van der Waals surface area contributed by atoms with E-state index in [1.165, 1.54) is 327 Å². The molecule has 0 saturated carbocycles. The third kappa shape index (κ3) is 48.9. The summed E-state index contributed by atoms with van der Waals surface area (Å²) < 4.78 is 22.9. The predicted molar refractivity (Wildman–Crippen MR) is 392 cm³/mol. The molecular formula is C81H155NO13. The molecule has 12 unspecified atom stereocenters. The van der Waals surface area contributed by atoms with Gasteiger partial charge >= 0.3 is 0 Å². The van der Waals surface area contributed by atoms with E-state index in [1.807, 2.05) is 6.08 Å². The molecule has 0 aliphatic carbocycles. The van der Waals surface area contributed by atoms with Gasteiger partial charge in [0.15, 0.2) is 12.6 Å². The van der Waals surface area contributed by atoms with Crippen molar-refractivity contribution in [2.45, 2.75) is 466 Å². The number of nitrogens with one attached hydrogen (secondary N) is 1. The van der Waals surface area contributed by atoms with Gasteiger partial charge < -0.3 is 65.1 Å². The number of carbonyl (C=O) groups is 1. The van der Waals surface area contributed by atoms with Gasteiger partial charge in [-0.2, -0.15) is 0 Å². The van der Waals surface area contributed by atoms with Crippen molar-refractivity contribution in [2.75, 3.05) is 19.8 Å². The van der Waals surface area contributed by atoms with E-state index >= 15 is 0 Å². The molecular weight excluding hydrogens is 1190 g/mol. The highest BCUT2D eigenvalue weighted by Gasteiger charge is 2.51. The van der Waals surface area contributed by atoms with E-state index in [1.54, 1.807) is 6.08 Å². The van der Waals surface area contributed by atoms with Crippen LogP contribution in [-0.2, 0) is 23.7 Å². The monoisotopic (exact) mass is 1350 g/mol. The lowest BCUT2D eigenvalue weighted by Crippen LogP contribution is -2.65. The minimum atomic E-state index is -1.79. The number of hydrogen-bond donors (Lipinski definition) is 9. The van der Waals surface area contributed by atoms with E-state index in [0.29, 0.717) is 12.8 Å². The van der Waals surface area contributed by atoms with Gasteiger partial charge in [-0.25, -0.2) is 0 Å². The van der Waals surface area contributed by atoms with Crippen molar-refractivity contribution in [3.8, 4) is 0 Å². The summed E-state index contributed by atoms with van der Waals surface area (Å²) in [5.41, 5.74) is 0. The number of unbranched alkanes of at least 4 members (excludes halogenated alkanes) is 55. The smallest absolute Gasteiger partial charge is 0.220 e. The van der Waals surface area contributed by atoms with Gasteiger partial charge in [0.2, 0.25) is 5.91 Å². The molecule has 95 heavy (non-hydrogen) atoms. The van der Waals surface area contributed by atoms with Gasteiger partial charge in [0.05, 0.1) is 32.0 Å². The summed E-state index contributed by atoms with van der Waals surface area (Å²) in [7, 11) is 0. The zero-order chi connectivity index (χ0) is 68.7. The fourth-order valence-corrected chi connectivity index (χ4v) is 13.9. The first-order valence-corrected chi connectivity index (χ1v) is 41.1. The molecule has 0 aromatic heterocycles. The zero-order valence-corrected chi connectivity index (χ0v) is 61.7. The molecule has 0 aromatic rings. The number of hydrogen-bond acceptors (Lipinski definition) is 13. The Balaban J connectivity index is 1.62. The van der Waals surface area contributed by atoms with Crippen molar-refractivity contribution in [2.24, 2.45) is 0 Å². The molecule has 2 fully saturated rings. The van der Waals surface area contributed by atoms with E-state index in [9.17, 15) is 45.6 Å². The summed E-state index contributed by atoms with van der Waals surface area (Å²) in [6.45, 7) is 2.86. The molecule has 2 saturated heterocycles. The molecule has 1 amide bonds. The van der Waals surface area contributed by atoms with E-state index in [0.717, 1.165) is 32.1 Å². The number of aliphatic hydroxyl groups excluding tert-OH is 8. The summed E-state index contributed by atoms with van der Waals surface area (Å²) in [5.74, 6) is -0.239. The molecule has 2 aliphatic heterocycles. The molecule has 9 N–H and O–H groups in total. The summed E-state index contributed by atoms with van der Waals surface area (Å²) in [4.78, 5) is 13.4. The van der Waals surface area contributed by atoms with E-state index < -0.39 is 86.8 Å². The number of aliphatic hydroxyl groups is 8. The molecule has 2 rings (SSSR count). The van der Waals surface area contributed by atoms with Gasteiger partial charge in [-0.15, -0.1) is 0 Å². The van der Waals surface area contributed by atoms with Crippen LogP contribution in [0.2, 0.25) is 0 Å². The van der Waals surface area contributed by atoms with Crippen LogP contribution < -0.4 is 5.32 Å². The topological polar surface area (TPSA) is 228 Å². The fourth-order valence-electron chi connectivity index (χ4n) is 13.9. The Hall–Kier alpha value is -1.53. The van der Waals surface area contributed by atoms with Crippen molar-refractivity contribution in [3.05, 3.63) is 24.3 Å². The second-order valence-corrected chi connectivity index (χ2v) is 29.3. The maximum absolute atomic E-state index is 13.4. The van der Waals surface area contributed by atoms with Gasteiger partial charge in [0.1, 0.15) is 48.8 Å². The highest BCUT2D eigenvalue weighted by atomic mass is 16.7. The van der Waals surface area contributed by atoms with Crippen LogP contribution >= 0.6 is 0 Å². The number of amides is 1. The Morgan fingerprint density at radius 2 is 0.674 bits per heavy atom. The number of allylic oxidation sites excluding steroid dienone is 3. The van der Waals surface area contributed by atoms with Crippen molar-refractivity contribution in [1.29, 1.82) is 0 Å². The van der Waals surface area contributed by atoms with Crippen molar-refractivity contribution in [1.82, 2.24) is 5.32 Å². The SMILES string of the molecule is CCCCCCCCCCCCCCCCCCCCCCCCCCC/C=C/CC/C=C/C(O)C(COC1OC(CO)C(OC2OC(CO)C(O)C(O)C2O)C(O)C1O)NC(=O)CCCCCCCCCCCCCCCCCCCCCCCCCCCCCCCC. The predicted octanol–water partition coefficient (Wildman–Crippen LogP) is 18.6. The Kier molecular flexibility index (Phi) is 62.0. The Morgan fingerprint density at radius 3 is 1.03 bits per heavy atom. The lowest BCUT2D eigenvalue weighted by atomic mass is 9.97. The second kappa shape index (κ2) is 65.8. The minimum Gasteiger partial charge on any atom is -0.394 e. The first-order chi connectivity index (χ1) is 46.6. The maximum atomic E-state index is 13.4. The normalized spacial score (nSPS) is 22.4. The summed E-state index contributed by atoms with van der Waals surface area (Å²) >= 11 is 0. The number of ether oxygens (including phenoxy) is 4. The van der Waals surface area contributed by atoms with Gasteiger partial charge in [-0.3, -0.25) is 4.79 Å². The van der Waals surface area contributed by atoms with Crippen LogP contribution in [0, 0.1) is 0 Å². The lowest BCUT2D eigenvalue weighted by molar-refractivity contribution is -0.359. The maximum Gasteiger partial charge on any atom is 0.220 e. The van der Waals surface area contributed by atoms with Crippen molar-refractivity contribution >= 4 is 5.91 Å². The van der Waals surface area contributed by atoms with Gasteiger partial charge in [0.25, 0.3) is 0 Å². The van der Waals surface area contributed by atoms with Crippen LogP contribution in [0.5, 0.6) is 0 Å². The summed E-state index contributed by atoms with van der Waals surface area (Å²) in [5, 5.41) is 87.7. The lowest BCUT2D eigenvalue weighted by Gasteiger charge is -2.46. The molecule has 14 heteroatoms. The molecule has 2 aliphatic rings. The Morgan fingerprint density at radius 1 is 0.368 bits per heavy atom. The van der Waals surface area contributed by atoms with Crippen LogP contribution in [-0.4, -0.2) is 140 Å². The highest BCUT2D eigenvalue weighted by Crippen LogP contribution is 2.30. The molecule has 0 radical (unpaired) electrons. The quantitative estimate of drug-likeness (QED) is 0.0204. The van der Waals surface area contributed by atoms with Crippen LogP contribution in [0.15, 0.2) is 24.3 Å². The molecule has 14 nitrogen and oxygen atoms in total. The largest absolute Gasteiger partial charge is 0.394 e. The van der Waals surface area contributed by atoms with E-state index in [4.69, 9.17) is 18.9 Å². The third-order valence-electron chi connectivity index (χ3n) is 20.4. The first kappa shape index (κ1) is 89.6. The molecule has 2 heterocycles. The molecule has 0 aromatic carbocycles. The van der Waals surface area contributed by atoms with Crippen LogP contribution in [0.25, 0.3) is 0 Å². The van der Waals surface area contributed by atoms with E-state index in [-0.39, 0.29) is 18.9 Å². The molecule has 12 atom stereocenters.